The van der Waals surface area contributed by atoms with Gasteiger partial charge in [0.15, 0.2) is 5.82 Å². The van der Waals surface area contributed by atoms with Gasteiger partial charge in [-0.3, -0.25) is 5.10 Å². The van der Waals surface area contributed by atoms with E-state index in [0.29, 0.717) is 35.3 Å². The van der Waals surface area contributed by atoms with Gasteiger partial charge in [-0.15, -0.1) is 0 Å². The molecule has 1 aliphatic carbocycles. The zero-order chi connectivity index (χ0) is 16.9. The van der Waals surface area contributed by atoms with Crippen molar-refractivity contribution in [3.05, 3.63) is 12.2 Å². The molecule has 132 valence electrons. The highest BCUT2D eigenvalue weighted by molar-refractivity contribution is 5.39. The summed E-state index contributed by atoms with van der Waals surface area (Å²) in [6, 6.07) is 0.0347. The number of nitrogens with one attached hydrogen (secondary N) is 2. The third-order valence-electron chi connectivity index (χ3n) is 4.85. The molecule has 1 fully saturated rings. The van der Waals surface area contributed by atoms with Gasteiger partial charge < -0.3 is 15.6 Å². The molecule has 2 aromatic heterocycles. The third kappa shape index (κ3) is 3.99. The molecule has 1 aliphatic rings. The summed E-state index contributed by atoms with van der Waals surface area (Å²) in [5, 5.41) is 14.2. The summed E-state index contributed by atoms with van der Waals surface area (Å²) in [6.45, 7) is 6.06. The van der Waals surface area contributed by atoms with Gasteiger partial charge in [0.05, 0.1) is 6.04 Å². The highest BCUT2D eigenvalue weighted by atomic mass is 16.5. The van der Waals surface area contributed by atoms with Crippen molar-refractivity contribution in [3.8, 4) is 11.6 Å². The van der Waals surface area contributed by atoms with Gasteiger partial charge in [-0.2, -0.15) is 10.1 Å². The van der Waals surface area contributed by atoms with E-state index in [1.165, 1.54) is 32.0 Å². The van der Waals surface area contributed by atoms with Gasteiger partial charge in [0, 0.05) is 0 Å². The Morgan fingerprint density at radius 2 is 2.21 bits per heavy atom. The minimum Gasteiger partial charge on any atom is -0.337 e. The number of hydrogen-bond acceptors (Lipinski definition) is 7. The molecule has 0 spiro atoms. The Bertz CT molecular complexity index is 610. The van der Waals surface area contributed by atoms with E-state index in [9.17, 15) is 0 Å². The Hall–Kier alpha value is -1.80. The summed E-state index contributed by atoms with van der Waals surface area (Å²) in [5.74, 6) is 3.25. The van der Waals surface area contributed by atoms with Gasteiger partial charge in [0.25, 0.3) is 0 Å². The van der Waals surface area contributed by atoms with Crippen LogP contribution in [-0.2, 0) is 0 Å². The molecule has 1 unspecified atom stereocenters. The molecule has 0 radical (unpaired) electrons. The second kappa shape index (κ2) is 7.85. The van der Waals surface area contributed by atoms with Crippen molar-refractivity contribution in [1.29, 1.82) is 0 Å². The van der Waals surface area contributed by atoms with Crippen molar-refractivity contribution in [2.75, 3.05) is 13.1 Å². The van der Waals surface area contributed by atoms with Gasteiger partial charge in [0.2, 0.25) is 11.7 Å². The predicted octanol–water partition coefficient (Wildman–Crippen LogP) is 1.91. The Morgan fingerprint density at radius 3 is 2.92 bits per heavy atom. The first-order valence-corrected chi connectivity index (χ1v) is 8.80. The quantitative estimate of drug-likeness (QED) is 0.708. The monoisotopic (exact) mass is 333 g/mol. The molecule has 8 heteroatoms. The summed E-state index contributed by atoms with van der Waals surface area (Å²) in [7, 11) is 0. The van der Waals surface area contributed by atoms with Crippen molar-refractivity contribution >= 4 is 0 Å². The SMILES string of the molecule is CC(C)C(NC[C@@H]1CCC[C@H](CN)C1)c1nc(-c2ncn[nH]2)no1. The van der Waals surface area contributed by atoms with E-state index < -0.39 is 0 Å². The van der Waals surface area contributed by atoms with Gasteiger partial charge in [-0.1, -0.05) is 25.4 Å². The Morgan fingerprint density at radius 1 is 1.38 bits per heavy atom. The van der Waals surface area contributed by atoms with Gasteiger partial charge in [-0.25, -0.2) is 4.98 Å². The van der Waals surface area contributed by atoms with Crippen molar-refractivity contribution in [2.24, 2.45) is 23.5 Å². The predicted molar refractivity (Wildman–Crippen MR) is 89.8 cm³/mol. The van der Waals surface area contributed by atoms with E-state index in [-0.39, 0.29) is 6.04 Å². The van der Waals surface area contributed by atoms with Crippen LogP contribution in [0.3, 0.4) is 0 Å². The fraction of sp³-hybridized carbons (Fsp3) is 0.750. The van der Waals surface area contributed by atoms with E-state index in [4.69, 9.17) is 10.3 Å². The maximum absolute atomic E-state index is 5.84. The summed E-state index contributed by atoms with van der Waals surface area (Å²) < 4.78 is 5.46. The topological polar surface area (TPSA) is 119 Å². The molecular formula is C16H27N7O. The smallest absolute Gasteiger partial charge is 0.244 e. The lowest BCUT2D eigenvalue weighted by atomic mass is 9.81. The zero-order valence-corrected chi connectivity index (χ0v) is 14.4. The maximum Gasteiger partial charge on any atom is 0.244 e. The lowest BCUT2D eigenvalue weighted by molar-refractivity contribution is 0.232. The first-order chi connectivity index (χ1) is 11.7. The maximum atomic E-state index is 5.84. The molecular weight excluding hydrogens is 306 g/mol. The number of nitrogens with zero attached hydrogens (tertiary/aromatic N) is 4. The molecule has 2 aromatic rings. The summed E-state index contributed by atoms with van der Waals surface area (Å²) in [5.41, 5.74) is 5.84. The molecule has 8 nitrogen and oxygen atoms in total. The van der Waals surface area contributed by atoms with E-state index >= 15 is 0 Å². The lowest BCUT2D eigenvalue weighted by Crippen LogP contribution is -2.34. The van der Waals surface area contributed by atoms with Crippen molar-refractivity contribution in [3.63, 3.8) is 0 Å². The average Bonchev–Trinajstić information content (AvgIpc) is 3.26. The van der Waals surface area contributed by atoms with Crippen LogP contribution in [0.15, 0.2) is 10.9 Å². The van der Waals surface area contributed by atoms with Crippen LogP contribution in [0.1, 0.15) is 51.5 Å². The van der Waals surface area contributed by atoms with Crippen molar-refractivity contribution in [1.82, 2.24) is 30.6 Å². The van der Waals surface area contributed by atoms with E-state index in [1.807, 2.05) is 0 Å². The fourth-order valence-corrected chi connectivity index (χ4v) is 3.47. The Balaban J connectivity index is 1.62. The van der Waals surface area contributed by atoms with Crippen LogP contribution in [0.5, 0.6) is 0 Å². The summed E-state index contributed by atoms with van der Waals surface area (Å²) in [4.78, 5) is 8.53. The van der Waals surface area contributed by atoms with Crippen LogP contribution in [0, 0.1) is 17.8 Å². The molecule has 2 heterocycles. The van der Waals surface area contributed by atoms with E-state index in [0.717, 1.165) is 13.1 Å². The molecule has 1 saturated carbocycles. The minimum atomic E-state index is 0.0347. The standard InChI is InChI=1S/C16H27N7O/c1-10(2)13(18-8-12-5-3-4-11(6-12)7-17)16-21-15(23-24-16)14-19-9-20-22-14/h9-13,18H,3-8,17H2,1-2H3,(H,19,20,22)/t11-,12+,13?/m0/s1. The molecule has 0 aromatic carbocycles. The number of aromatic nitrogens is 5. The molecule has 0 aliphatic heterocycles. The first kappa shape index (κ1) is 17.0. The van der Waals surface area contributed by atoms with Crippen LogP contribution >= 0.6 is 0 Å². The summed E-state index contributed by atoms with van der Waals surface area (Å²) >= 11 is 0. The van der Waals surface area contributed by atoms with Crippen molar-refractivity contribution < 1.29 is 4.52 Å². The largest absolute Gasteiger partial charge is 0.337 e. The van der Waals surface area contributed by atoms with Gasteiger partial charge in [-0.05, 0) is 50.1 Å². The molecule has 0 bridgehead atoms. The second-order valence-electron chi connectivity index (χ2n) is 7.05. The third-order valence-corrected chi connectivity index (χ3v) is 4.85. The number of nitrogens with two attached hydrogens (primary N) is 1. The molecule has 24 heavy (non-hydrogen) atoms. The number of H-pyrrole nitrogens is 1. The number of rotatable bonds is 7. The van der Waals surface area contributed by atoms with E-state index in [2.05, 4.69) is 44.5 Å². The van der Waals surface area contributed by atoms with Crippen LogP contribution in [0.25, 0.3) is 11.6 Å². The van der Waals surface area contributed by atoms with E-state index in [1.54, 1.807) is 0 Å². The highest BCUT2D eigenvalue weighted by Crippen LogP contribution is 2.29. The molecule has 0 saturated heterocycles. The van der Waals surface area contributed by atoms with Crippen LogP contribution in [0.4, 0.5) is 0 Å². The molecule has 3 atom stereocenters. The molecule has 3 rings (SSSR count). The Labute approximate surface area is 142 Å². The normalized spacial score (nSPS) is 22.8. The van der Waals surface area contributed by atoms with Crippen molar-refractivity contribution in [2.45, 2.75) is 45.6 Å². The van der Waals surface area contributed by atoms with Crippen LogP contribution < -0.4 is 11.1 Å². The lowest BCUT2D eigenvalue weighted by Gasteiger charge is -2.30. The number of hydrogen-bond donors (Lipinski definition) is 3. The summed E-state index contributed by atoms with van der Waals surface area (Å²) in [6.07, 6.45) is 6.45. The van der Waals surface area contributed by atoms with Gasteiger partial charge in [0.1, 0.15) is 6.33 Å². The molecule has 0 amide bonds. The fourth-order valence-electron chi connectivity index (χ4n) is 3.47. The number of aromatic amines is 1. The van der Waals surface area contributed by atoms with Gasteiger partial charge >= 0.3 is 0 Å². The second-order valence-corrected chi connectivity index (χ2v) is 7.05. The zero-order valence-electron chi connectivity index (χ0n) is 14.4. The average molecular weight is 333 g/mol. The molecule has 4 N–H and O–H groups in total. The minimum absolute atomic E-state index is 0.0347. The van der Waals surface area contributed by atoms with Crippen LogP contribution in [0.2, 0.25) is 0 Å². The Kier molecular flexibility index (Phi) is 5.57. The first-order valence-electron chi connectivity index (χ1n) is 8.80. The highest BCUT2D eigenvalue weighted by Gasteiger charge is 2.26. The van der Waals surface area contributed by atoms with Crippen LogP contribution in [-0.4, -0.2) is 38.4 Å².